The van der Waals surface area contributed by atoms with Gasteiger partial charge in [0.05, 0.1) is 19.9 Å². The fourth-order valence-electron chi connectivity index (χ4n) is 3.37. The van der Waals surface area contributed by atoms with Gasteiger partial charge in [0.1, 0.15) is 17.3 Å². The minimum atomic E-state index is 0.765. The molecule has 0 spiro atoms. The summed E-state index contributed by atoms with van der Waals surface area (Å²) in [5.41, 5.74) is 5.02. The lowest BCUT2D eigenvalue weighted by Crippen LogP contribution is -2.10. The van der Waals surface area contributed by atoms with Gasteiger partial charge in [-0.15, -0.1) is 0 Å². The third-order valence-corrected chi connectivity index (χ3v) is 4.83. The molecule has 3 aromatic rings. The van der Waals surface area contributed by atoms with E-state index in [0.29, 0.717) is 0 Å². The second-order valence-corrected chi connectivity index (χ2v) is 7.29. The van der Waals surface area contributed by atoms with Gasteiger partial charge in [-0.1, -0.05) is 18.2 Å². The van der Waals surface area contributed by atoms with Crippen molar-refractivity contribution >= 4 is 6.08 Å². The molecule has 2 aromatic heterocycles. The maximum Gasteiger partial charge on any atom is 0.137 e. The highest BCUT2D eigenvalue weighted by atomic mass is 16.5. The number of hydrogen-bond acceptors (Lipinski definition) is 4. The number of likely N-dealkylation sites (N-methyl/N-ethyl adjacent to an activating group) is 1. The molecule has 0 aliphatic rings. The van der Waals surface area contributed by atoms with Crippen LogP contribution < -0.4 is 9.47 Å². The van der Waals surface area contributed by atoms with E-state index in [-0.39, 0.29) is 0 Å². The zero-order valence-corrected chi connectivity index (χ0v) is 18.1. The van der Waals surface area contributed by atoms with Gasteiger partial charge in [-0.05, 0) is 64.3 Å². The molecule has 0 bridgehead atoms. The third-order valence-electron chi connectivity index (χ3n) is 4.83. The second kappa shape index (κ2) is 8.97. The Morgan fingerprint density at radius 1 is 0.966 bits per heavy atom. The zero-order chi connectivity index (χ0) is 21.0. The summed E-state index contributed by atoms with van der Waals surface area (Å²) in [6.45, 7) is 5.02. The number of methoxy groups -OCH3 is 2. The van der Waals surface area contributed by atoms with Crippen molar-refractivity contribution in [1.82, 2.24) is 14.5 Å². The Bertz CT molecular complexity index is 999. The third kappa shape index (κ3) is 4.51. The summed E-state index contributed by atoms with van der Waals surface area (Å²) in [6, 6.07) is 14.2. The minimum Gasteiger partial charge on any atom is -0.496 e. The van der Waals surface area contributed by atoms with Crippen LogP contribution in [0.25, 0.3) is 23.2 Å². The van der Waals surface area contributed by atoms with Gasteiger partial charge in [-0.3, -0.25) is 0 Å². The van der Waals surface area contributed by atoms with Crippen molar-refractivity contribution in [3.05, 3.63) is 65.5 Å². The summed E-state index contributed by atoms with van der Waals surface area (Å²) in [4.78, 5) is 7.02. The molecule has 0 unspecified atom stereocenters. The van der Waals surface area contributed by atoms with Gasteiger partial charge >= 0.3 is 0 Å². The standard InChI is InChI=1S/C24H29N3O2/c1-17-12-13-18(2)27(17)24-11-7-10-21(25-24)20-16-22(28-5)19(15-23(20)29-6)9-8-14-26(3)4/h7-13,15-16H,14H2,1-6H3. The minimum absolute atomic E-state index is 0.765. The Morgan fingerprint density at radius 3 is 2.28 bits per heavy atom. The number of aromatic nitrogens is 2. The quantitative estimate of drug-likeness (QED) is 0.583. The van der Waals surface area contributed by atoms with Gasteiger partial charge in [0.2, 0.25) is 0 Å². The lowest BCUT2D eigenvalue weighted by atomic mass is 10.0. The van der Waals surface area contributed by atoms with Gasteiger partial charge in [0.15, 0.2) is 0 Å². The Balaban J connectivity index is 2.07. The molecule has 0 radical (unpaired) electrons. The molecule has 29 heavy (non-hydrogen) atoms. The van der Waals surface area contributed by atoms with Crippen molar-refractivity contribution in [3.63, 3.8) is 0 Å². The van der Waals surface area contributed by atoms with Crippen molar-refractivity contribution < 1.29 is 9.47 Å². The smallest absolute Gasteiger partial charge is 0.137 e. The Hall–Kier alpha value is -3.05. The average molecular weight is 392 g/mol. The lowest BCUT2D eigenvalue weighted by molar-refractivity contribution is 0.403. The average Bonchev–Trinajstić information content (AvgIpc) is 3.05. The maximum absolute atomic E-state index is 5.70. The summed E-state index contributed by atoms with van der Waals surface area (Å²) in [5.74, 6) is 2.44. The first-order valence-corrected chi connectivity index (χ1v) is 9.64. The molecule has 0 atom stereocenters. The summed E-state index contributed by atoms with van der Waals surface area (Å²) < 4.78 is 13.5. The van der Waals surface area contributed by atoms with Gasteiger partial charge in [-0.2, -0.15) is 0 Å². The molecule has 0 aliphatic heterocycles. The van der Waals surface area contributed by atoms with Crippen molar-refractivity contribution in [1.29, 1.82) is 0 Å². The molecular weight excluding hydrogens is 362 g/mol. The molecule has 0 amide bonds. The first kappa shape index (κ1) is 20.7. The molecule has 0 N–H and O–H groups in total. The lowest BCUT2D eigenvalue weighted by Gasteiger charge is -2.15. The SMILES string of the molecule is COc1cc(-c2cccc(-n3c(C)ccc3C)n2)c(OC)cc1C=CCN(C)C. The van der Waals surface area contributed by atoms with Crippen molar-refractivity contribution in [2.45, 2.75) is 13.8 Å². The van der Waals surface area contributed by atoms with Crippen LogP contribution >= 0.6 is 0 Å². The van der Waals surface area contributed by atoms with Crippen LogP contribution in [0.3, 0.4) is 0 Å². The monoisotopic (exact) mass is 391 g/mol. The van der Waals surface area contributed by atoms with Crippen LogP contribution in [0.4, 0.5) is 0 Å². The first-order valence-electron chi connectivity index (χ1n) is 9.64. The van der Waals surface area contributed by atoms with Crippen LogP contribution in [0.15, 0.2) is 48.5 Å². The molecular formula is C24H29N3O2. The zero-order valence-electron chi connectivity index (χ0n) is 18.1. The number of nitrogens with zero attached hydrogens (tertiary/aromatic N) is 3. The van der Waals surface area contributed by atoms with E-state index >= 15 is 0 Å². The van der Waals surface area contributed by atoms with E-state index in [1.54, 1.807) is 14.2 Å². The van der Waals surface area contributed by atoms with E-state index in [1.807, 2.05) is 44.4 Å². The van der Waals surface area contributed by atoms with E-state index in [2.05, 4.69) is 47.6 Å². The molecule has 0 saturated carbocycles. The highest BCUT2D eigenvalue weighted by Crippen LogP contribution is 2.36. The number of aryl methyl sites for hydroxylation is 2. The van der Waals surface area contributed by atoms with Gasteiger partial charge in [-0.25, -0.2) is 4.98 Å². The van der Waals surface area contributed by atoms with Crippen LogP contribution in [-0.4, -0.2) is 49.3 Å². The molecule has 3 rings (SSSR count). The van der Waals surface area contributed by atoms with Gasteiger partial charge in [0.25, 0.3) is 0 Å². The molecule has 1 aromatic carbocycles. The predicted octanol–water partition coefficient (Wildman–Crippen LogP) is 4.75. The number of rotatable bonds is 7. The second-order valence-electron chi connectivity index (χ2n) is 7.29. The van der Waals surface area contributed by atoms with Crippen molar-refractivity contribution in [2.75, 3.05) is 34.9 Å². The van der Waals surface area contributed by atoms with Crippen LogP contribution in [0, 0.1) is 13.8 Å². The van der Waals surface area contributed by atoms with Crippen molar-refractivity contribution in [2.24, 2.45) is 0 Å². The Morgan fingerprint density at radius 2 is 1.66 bits per heavy atom. The highest BCUT2D eigenvalue weighted by molar-refractivity contribution is 5.74. The largest absolute Gasteiger partial charge is 0.496 e. The molecule has 0 aliphatic carbocycles. The Labute approximate surface area is 173 Å². The van der Waals surface area contributed by atoms with E-state index in [0.717, 1.165) is 52.1 Å². The summed E-state index contributed by atoms with van der Waals surface area (Å²) in [6.07, 6.45) is 4.16. The number of benzene rings is 1. The number of ether oxygens (including phenoxy) is 2. The summed E-state index contributed by atoms with van der Waals surface area (Å²) in [7, 11) is 7.45. The van der Waals surface area contributed by atoms with E-state index in [9.17, 15) is 0 Å². The van der Waals surface area contributed by atoms with E-state index < -0.39 is 0 Å². The molecule has 0 fully saturated rings. The molecule has 2 heterocycles. The van der Waals surface area contributed by atoms with Crippen LogP contribution in [0.5, 0.6) is 11.5 Å². The van der Waals surface area contributed by atoms with E-state index in [1.165, 1.54) is 0 Å². The summed E-state index contributed by atoms with van der Waals surface area (Å²) in [5, 5.41) is 0. The molecule has 5 heteroatoms. The maximum atomic E-state index is 5.70. The fourth-order valence-corrected chi connectivity index (χ4v) is 3.37. The predicted molar refractivity (Wildman–Crippen MR) is 119 cm³/mol. The van der Waals surface area contributed by atoms with Crippen molar-refractivity contribution in [3.8, 4) is 28.6 Å². The van der Waals surface area contributed by atoms with Gasteiger partial charge in [0, 0.05) is 29.1 Å². The summed E-state index contributed by atoms with van der Waals surface area (Å²) >= 11 is 0. The van der Waals surface area contributed by atoms with Crippen LogP contribution in [0.2, 0.25) is 0 Å². The Kier molecular flexibility index (Phi) is 6.39. The number of hydrogen-bond donors (Lipinski definition) is 0. The van der Waals surface area contributed by atoms with Crippen LogP contribution in [-0.2, 0) is 0 Å². The fraction of sp³-hybridized carbons (Fsp3) is 0.292. The van der Waals surface area contributed by atoms with Gasteiger partial charge < -0.3 is 18.9 Å². The first-order chi connectivity index (χ1) is 13.9. The molecule has 0 saturated heterocycles. The topological polar surface area (TPSA) is 39.5 Å². The molecule has 152 valence electrons. The number of pyridine rings is 1. The van der Waals surface area contributed by atoms with Crippen LogP contribution in [0.1, 0.15) is 17.0 Å². The normalized spacial score (nSPS) is 11.4. The highest BCUT2D eigenvalue weighted by Gasteiger charge is 2.14. The van der Waals surface area contributed by atoms with E-state index in [4.69, 9.17) is 14.5 Å². The molecule has 5 nitrogen and oxygen atoms in total.